The van der Waals surface area contributed by atoms with Crippen molar-refractivity contribution in [3.05, 3.63) is 61.2 Å². The van der Waals surface area contributed by atoms with E-state index in [0.29, 0.717) is 24.6 Å². The van der Waals surface area contributed by atoms with Crippen LogP contribution in [0.25, 0.3) is 5.57 Å². The normalized spacial score (nSPS) is 15.2. The predicted octanol–water partition coefficient (Wildman–Crippen LogP) is 3.71. The molecule has 0 saturated carbocycles. The summed E-state index contributed by atoms with van der Waals surface area (Å²) >= 11 is 1.61. The van der Waals surface area contributed by atoms with Crippen LogP contribution in [0.2, 0.25) is 0 Å². The number of hydrogen-bond acceptors (Lipinski definition) is 4. The molecule has 8 heteroatoms. The number of pyridine rings is 1. The molecule has 0 bridgehead atoms. The summed E-state index contributed by atoms with van der Waals surface area (Å²) in [4.78, 5) is 41.0. The fraction of sp³-hybridized carbons (Fsp3) is 0.435. The molecule has 0 radical (unpaired) electrons. The van der Waals surface area contributed by atoms with E-state index in [-0.39, 0.29) is 24.4 Å². The Morgan fingerprint density at radius 3 is 2.61 bits per heavy atom. The van der Waals surface area contributed by atoms with Gasteiger partial charge in [0, 0.05) is 35.8 Å². The Balaban J connectivity index is 1.58. The van der Waals surface area contributed by atoms with Crippen molar-refractivity contribution in [2.24, 2.45) is 5.92 Å². The van der Waals surface area contributed by atoms with Crippen molar-refractivity contribution in [2.75, 3.05) is 13.1 Å². The number of piperidine rings is 1. The minimum Gasteiger partial charge on any atom is -0.465 e. The molecule has 0 aromatic carbocycles. The fourth-order valence-corrected chi connectivity index (χ4v) is 5.19. The molecule has 0 aliphatic carbocycles. The van der Waals surface area contributed by atoms with Gasteiger partial charge in [-0.1, -0.05) is 6.08 Å². The lowest BCUT2D eigenvalue weighted by Crippen LogP contribution is -2.37. The van der Waals surface area contributed by atoms with Crippen LogP contribution in [0.1, 0.15) is 47.0 Å². The molecule has 31 heavy (non-hydrogen) atoms. The summed E-state index contributed by atoms with van der Waals surface area (Å²) in [6, 6.07) is 3.95. The third-order valence-corrected chi connectivity index (χ3v) is 6.80. The number of nitrogens with one attached hydrogen (secondary N) is 2. The maximum absolute atomic E-state index is 12.4. The van der Waals surface area contributed by atoms with Crippen molar-refractivity contribution in [1.29, 1.82) is 0 Å². The number of aryl methyl sites for hydroxylation is 2. The van der Waals surface area contributed by atoms with Crippen molar-refractivity contribution in [3.8, 4) is 0 Å². The summed E-state index contributed by atoms with van der Waals surface area (Å²) < 4.78 is 0. The van der Waals surface area contributed by atoms with E-state index < -0.39 is 6.09 Å². The molecule has 1 aliphatic rings. The van der Waals surface area contributed by atoms with Gasteiger partial charge >= 0.3 is 6.09 Å². The zero-order valence-electron chi connectivity index (χ0n) is 18.2. The van der Waals surface area contributed by atoms with Gasteiger partial charge in [0.2, 0.25) is 5.91 Å². The van der Waals surface area contributed by atoms with Gasteiger partial charge < -0.3 is 20.3 Å². The van der Waals surface area contributed by atoms with Gasteiger partial charge in [0.1, 0.15) is 0 Å². The first-order valence-corrected chi connectivity index (χ1v) is 11.3. The van der Waals surface area contributed by atoms with Gasteiger partial charge in [-0.25, -0.2) is 4.79 Å². The highest BCUT2D eigenvalue weighted by Crippen LogP contribution is 2.35. The lowest BCUT2D eigenvalue weighted by atomic mass is 9.88. The topological polar surface area (TPSA) is 103 Å². The number of likely N-dealkylation sites (tertiary alicyclic amines) is 1. The number of aromatic nitrogens is 1. The molecule has 1 saturated heterocycles. The highest BCUT2D eigenvalue weighted by Gasteiger charge is 2.25. The molecule has 2 amide bonds. The second-order valence-corrected chi connectivity index (χ2v) is 8.91. The molecule has 1 fully saturated rings. The highest BCUT2D eigenvalue weighted by molar-refractivity contribution is 7.11. The van der Waals surface area contributed by atoms with E-state index in [9.17, 15) is 14.4 Å². The summed E-state index contributed by atoms with van der Waals surface area (Å²) in [5.74, 6) is 0.206. The number of thiophene rings is 1. The largest absolute Gasteiger partial charge is 0.465 e. The first-order chi connectivity index (χ1) is 14.8. The number of rotatable bonds is 6. The molecule has 7 nitrogen and oxygen atoms in total. The van der Waals surface area contributed by atoms with Crippen LogP contribution in [-0.4, -0.2) is 40.1 Å². The van der Waals surface area contributed by atoms with E-state index in [0.717, 1.165) is 34.5 Å². The predicted molar refractivity (Wildman–Crippen MR) is 122 cm³/mol. The number of nitrogens with zero attached hydrogens (tertiary/aromatic N) is 1. The molecular formula is C23H29N3O4S. The number of allylic oxidation sites excluding steroid dienone is 2. The van der Waals surface area contributed by atoms with Crippen molar-refractivity contribution in [2.45, 2.75) is 46.6 Å². The number of amides is 2. The molecule has 2 aromatic rings. The Kier molecular flexibility index (Phi) is 7.33. The first-order valence-electron chi connectivity index (χ1n) is 10.5. The van der Waals surface area contributed by atoms with E-state index in [2.05, 4.69) is 16.4 Å². The van der Waals surface area contributed by atoms with Crippen LogP contribution >= 0.6 is 11.3 Å². The number of aromatic amines is 1. The molecule has 0 unspecified atom stereocenters. The maximum atomic E-state index is 12.4. The number of hydrogen-bond donors (Lipinski definition) is 3. The van der Waals surface area contributed by atoms with Gasteiger partial charge in [0.25, 0.3) is 5.56 Å². The number of carbonyl (C=O) groups is 2. The highest BCUT2D eigenvalue weighted by atomic mass is 32.1. The maximum Gasteiger partial charge on any atom is 0.407 e. The average molecular weight is 444 g/mol. The lowest BCUT2D eigenvalue weighted by molar-refractivity contribution is -0.120. The SMILES string of the molecule is CC=C(c1cc(CC(=O)NCc2c(C)cc(C)[nH]c2=O)cs1)C1CCN(C(=O)O)CC1. The minimum atomic E-state index is -0.854. The van der Waals surface area contributed by atoms with Gasteiger partial charge in [0.15, 0.2) is 0 Å². The lowest BCUT2D eigenvalue weighted by Gasteiger charge is -2.31. The Morgan fingerprint density at radius 1 is 1.29 bits per heavy atom. The second-order valence-electron chi connectivity index (χ2n) is 8.00. The van der Waals surface area contributed by atoms with Crippen molar-refractivity contribution in [3.63, 3.8) is 0 Å². The van der Waals surface area contributed by atoms with Crippen molar-refractivity contribution < 1.29 is 14.7 Å². The second kappa shape index (κ2) is 9.96. The third kappa shape index (κ3) is 5.64. The van der Waals surface area contributed by atoms with E-state index in [1.54, 1.807) is 11.3 Å². The van der Waals surface area contributed by atoms with Gasteiger partial charge in [-0.3, -0.25) is 9.59 Å². The number of carboxylic acid groups (broad SMARTS) is 1. The minimum absolute atomic E-state index is 0.125. The Hall–Kier alpha value is -2.87. The molecule has 0 spiro atoms. The smallest absolute Gasteiger partial charge is 0.407 e. The van der Waals surface area contributed by atoms with Crippen LogP contribution in [0.4, 0.5) is 4.79 Å². The van der Waals surface area contributed by atoms with Crippen molar-refractivity contribution >= 4 is 28.9 Å². The van der Waals surface area contributed by atoms with Gasteiger partial charge in [-0.05, 0) is 73.7 Å². The number of carbonyl (C=O) groups excluding carboxylic acids is 1. The van der Waals surface area contributed by atoms with Crippen LogP contribution in [-0.2, 0) is 17.8 Å². The summed E-state index contributed by atoms with van der Waals surface area (Å²) in [6.07, 6.45) is 3.12. The van der Waals surface area contributed by atoms with Crippen LogP contribution < -0.4 is 10.9 Å². The summed E-state index contributed by atoms with van der Waals surface area (Å²) in [6.45, 7) is 7.02. The zero-order chi connectivity index (χ0) is 22.5. The Labute approximate surface area is 185 Å². The van der Waals surface area contributed by atoms with E-state index in [1.807, 2.05) is 38.3 Å². The standard InChI is InChI=1S/C23H29N3O4S/c1-4-18(17-5-7-26(8-6-17)23(29)30)20-10-16(13-31-20)11-21(27)24-12-19-14(2)9-15(3)25-22(19)28/h4,9-10,13,17H,5-8,11-12H2,1-3H3,(H,24,27)(H,25,28)(H,29,30). The van der Waals surface area contributed by atoms with Crippen LogP contribution in [0.15, 0.2) is 28.4 Å². The summed E-state index contributed by atoms with van der Waals surface area (Å²) in [5.41, 5.74) is 4.25. The van der Waals surface area contributed by atoms with E-state index >= 15 is 0 Å². The zero-order valence-corrected chi connectivity index (χ0v) is 19.0. The molecule has 3 heterocycles. The first kappa shape index (κ1) is 22.8. The summed E-state index contributed by atoms with van der Waals surface area (Å²) in [7, 11) is 0. The monoisotopic (exact) mass is 443 g/mol. The Bertz CT molecular complexity index is 1050. The Morgan fingerprint density at radius 2 is 2.00 bits per heavy atom. The van der Waals surface area contributed by atoms with E-state index in [1.165, 1.54) is 10.5 Å². The molecule has 0 atom stereocenters. The van der Waals surface area contributed by atoms with E-state index in [4.69, 9.17) is 5.11 Å². The van der Waals surface area contributed by atoms with Crippen LogP contribution in [0.5, 0.6) is 0 Å². The molecule has 3 N–H and O–H groups in total. The summed E-state index contributed by atoms with van der Waals surface area (Å²) in [5, 5.41) is 14.0. The van der Waals surface area contributed by atoms with Gasteiger partial charge in [-0.15, -0.1) is 11.3 Å². The third-order valence-electron chi connectivity index (χ3n) is 5.78. The average Bonchev–Trinajstić information content (AvgIpc) is 3.16. The molecule has 1 aliphatic heterocycles. The fourth-order valence-electron chi connectivity index (χ4n) is 4.12. The molecule has 166 valence electrons. The quantitative estimate of drug-likeness (QED) is 0.633. The van der Waals surface area contributed by atoms with Gasteiger partial charge in [-0.2, -0.15) is 0 Å². The van der Waals surface area contributed by atoms with Gasteiger partial charge in [0.05, 0.1) is 6.42 Å². The molecule has 3 rings (SSSR count). The molecular weight excluding hydrogens is 414 g/mol. The number of H-pyrrole nitrogens is 1. The van der Waals surface area contributed by atoms with Crippen molar-refractivity contribution in [1.82, 2.24) is 15.2 Å². The molecule has 2 aromatic heterocycles. The van der Waals surface area contributed by atoms with Crippen LogP contribution in [0.3, 0.4) is 0 Å². The van der Waals surface area contributed by atoms with Crippen LogP contribution in [0, 0.1) is 19.8 Å².